The molecule has 2 saturated heterocycles. The maximum absolute atomic E-state index is 6.01. The number of rotatable bonds is 4. The highest BCUT2D eigenvalue weighted by molar-refractivity contribution is 4.89. The molecule has 0 radical (unpaired) electrons. The largest absolute Gasteiger partial charge is 0.375 e. The van der Waals surface area contributed by atoms with E-state index >= 15 is 0 Å². The molecule has 1 aliphatic carbocycles. The molecule has 0 aromatic rings. The van der Waals surface area contributed by atoms with Crippen LogP contribution in [0.5, 0.6) is 0 Å². The number of hydrogen-bond acceptors (Lipinski definition) is 3. The molecule has 3 nitrogen and oxygen atoms in total. The summed E-state index contributed by atoms with van der Waals surface area (Å²) in [6.45, 7) is 4.24. The molecule has 0 aromatic heterocycles. The Morgan fingerprint density at radius 1 is 1.12 bits per heavy atom. The molecule has 2 aliphatic heterocycles. The topological polar surface area (TPSA) is 30.5 Å². The van der Waals surface area contributed by atoms with Gasteiger partial charge >= 0.3 is 0 Å². The Bertz CT molecular complexity index is 255. The second-order valence-electron chi connectivity index (χ2n) is 5.98. The van der Waals surface area contributed by atoms with Gasteiger partial charge in [-0.2, -0.15) is 0 Å². The van der Waals surface area contributed by atoms with E-state index in [-0.39, 0.29) is 0 Å². The molecule has 4 unspecified atom stereocenters. The van der Waals surface area contributed by atoms with Crippen LogP contribution < -0.4 is 5.32 Å². The Balaban J connectivity index is 1.54. The zero-order chi connectivity index (χ0) is 11.7. The highest BCUT2D eigenvalue weighted by Gasteiger charge is 2.37. The van der Waals surface area contributed by atoms with E-state index in [9.17, 15) is 0 Å². The minimum atomic E-state index is 0.347. The normalized spacial score (nSPS) is 42.9. The summed E-state index contributed by atoms with van der Waals surface area (Å²) in [5.74, 6) is 0.666. The van der Waals surface area contributed by atoms with Crippen LogP contribution in [0.25, 0.3) is 0 Å². The molecule has 3 rings (SSSR count). The van der Waals surface area contributed by atoms with Crippen molar-refractivity contribution in [3.63, 3.8) is 0 Å². The predicted molar refractivity (Wildman–Crippen MR) is 67.1 cm³/mol. The number of nitrogens with one attached hydrogen (secondary N) is 1. The summed E-state index contributed by atoms with van der Waals surface area (Å²) in [5.41, 5.74) is 0. The van der Waals surface area contributed by atoms with Crippen LogP contribution in [0.4, 0.5) is 0 Å². The summed E-state index contributed by atoms with van der Waals surface area (Å²) in [7, 11) is 0. The van der Waals surface area contributed by atoms with E-state index < -0.39 is 0 Å². The van der Waals surface area contributed by atoms with Gasteiger partial charge in [0.1, 0.15) is 0 Å². The fourth-order valence-corrected chi connectivity index (χ4v) is 3.18. The Labute approximate surface area is 104 Å². The third-order valence-corrected chi connectivity index (χ3v) is 4.37. The summed E-state index contributed by atoms with van der Waals surface area (Å²) in [6.07, 6.45) is 8.79. The predicted octanol–water partition coefficient (Wildman–Crippen LogP) is 2.10. The summed E-state index contributed by atoms with van der Waals surface area (Å²) in [5, 5.41) is 3.66. The smallest absolute Gasteiger partial charge is 0.0876 e. The van der Waals surface area contributed by atoms with Gasteiger partial charge in [-0.3, -0.25) is 0 Å². The molecule has 3 aliphatic rings. The van der Waals surface area contributed by atoms with E-state index in [1.165, 1.54) is 38.5 Å². The van der Waals surface area contributed by atoms with Crippen molar-refractivity contribution in [2.45, 2.75) is 69.8 Å². The number of hydrogen-bond donors (Lipinski definition) is 1. The minimum absolute atomic E-state index is 0.347. The van der Waals surface area contributed by atoms with Gasteiger partial charge in [0.05, 0.1) is 18.3 Å². The lowest BCUT2D eigenvalue weighted by atomic mass is 9.89. The molecule has 3 fully saturated rings. The molecule has 0 spiro atoms. The van der Waals surface area contributed by atoms with Crippen LogP contribution in [0.1, 0.15) is 45.4 Å². The van der Waals surface area contributed by atoms with E-state index in [0.717, 1.165) is 19.2 Å². The van der Waals surface area contributed by atoms with E-state index in [1.54, 1.807) is 0 Å². The molecule has 2 heterocycles. The first-order valence-electron chi connectivity index (χ1n) is 7.33. The summed E-state index contributed by atoms with van der Waals surface area (Å²) >= 11 is 0. The Kier molecular flexibility index (Phi) is 3.69. The minimum Gasteiger partial charge on any atom is -0.375 e. The summed E-state index contributed by atoms with van der Waals surface area (Å²) in [6, 6.07) is 0.806. The fraction of sp³-hybridized carbons (Fsp3) is 1.00. The molecule has 4 atom stereocenters. The maximum Gasteiger partial charge on any atom is 0.0876 e. The highest BCUT2D eigenvalue weighted by Crippen LogP contribution is 2.32. The first kappa shape index (κ1) is 11.9. The average molecular weight is 239 g/mol. The van der Waals surface area contributed by atoms with E-state index in [2.05, 4.69) is 12.2 Å². The van der Waals surface area contributed by atoms with Crippen molar-refractivity contribution in [2.24, 2.45) is 5.92 Å². The van der Waals surface area contributed by atoms with Crippen LogP contribution in [0.3, 0.4) is 0 Å². The summed E-state index contributed by atoms with van der Waals surface area (Å²) < 4.78 is 12.0. The van der Waals surface area contributed by atoms with Crippen molar-refractivity contribution >= 4 is 0 Å². The highest BCUT2D eigenvalue weighted by atomic mass is 16.5. The zero-order valence-electron chi connectivity index (χ0n) is 10.9. The van der Waals surface area contributed by atoms with Gasteiger partial charge in [-0.25, -0.2) is 0 Å². The SMILES string of the molecule is CC1CCC(C2OCCCC2CNC2CC2)O1. The van der Waals surface area contributed by atoms with Crippen molar-refractivity contribution in [1.82, 2.24) is 5.32 Å². The quantitative estimate of drug-likeness (QED) is 0.815. The van der Waals surface area contributed by atoms with Crippen molar-refractivity contribution in [2.75, 3.05) is 13.2 Å². The fourth-order valence-electron chi connectivity index (χ4n) is 3.18. The molecule has 98 valence electrons. The van der Waals surface area contributed by atoms with Gasteiger partial charge in [-0.15, -0.1) is 0 Å². The molecular weight excluding hydrogens is 214 g/mol. The lowest BCUT2D eigenvalue weighted by Gasteiger charge is -2.35. The third kappa shape index (κ3) is 3.01. The van der Waals surface area contributed by atoms with Crippen molar-refractivity contribution < 1.29 is 9.47 Å². The van der Waals surface area contributed by atoms with Gasteiger partial charge in [-0.05, 0) is 45.4 Å². The van der Waals surface area contributed by atoms with Crippen LogP contribution in [-0.2, 0) is 9.47 Å². The van der Waals surface area contributed by atoms with Crippen LogP contribution >= 0.6 is 0 Å². The first-order valence-corrected chi connectivity index (χ1v) is 7.33. The second-order valence-corrected chi connectivity index (χ2v) is 5.98. The molecule has 3 heteroatoms. The van der Waals surface area contributed by atoms with Crippen LogP contribution in [0, 0.1) is 5.92 Å². The molecule has 0 amide bonds. The van der Waals surface area contributed by atoms with Gasteiger partial charge in [0, 0.05) is 25.1 Å². The molecule has 1 N–H and O–H groups in total. The first-order chi connectivity index (χ1) is 8.33. The van der Waals surface area contributed by atoms with Crippen molar-refractivity contribution in [3.05, 3.63) is 0 Å². The van der Waals surface area contributed by atoms with Crippen molar-refractivity contribution in [1.29, 1.82) is 0 Å². The van der Waals surface area contributed by atoms with Crippen LogP contribution in [-0.4, -0.2) is 37.5 Å². The van der Waals surface area contributed by atoms with Crippen LogP contribution in [0.15, 0.2) is 0 Å². The van der Waals surface area contributed by atoms with Gasteiger partial charge < -0.3 is 14.8 Å². The molecule has 0 bridgehead atoms. The lowest BCUT2D eigenvalue weighted by molar-refractivity contribution is -0.111. The Morgan fingerprint density at radius 3 is 2.71 bits per heavy atom. The molecule has 17 heavy (non-hydrogen) atoms. The van der Waals surface area contributed by atoms with Gasteiger partial charge in [0.15, 0.2) is 0 Å². The molecular formula is C14H25NO2. The van der Waals surface area contributed by atoms with E-state index in [4.69, 9.17) is 9.47 Å². The zero-order valence-corrected chi connectivity index (χ0v) is 10.9. The number of ether oxygens (including phenoxy) is 2. The Morgan fingerprint density at radius 2 is 2.00 bits per heavy atom. The monoisotopic (exact) mass is 239 g/mol. The summed E-state index contributed by atoms with van der Waals surface area (Å²) in [4.78, 5) is 0. The second kappa shape index (κ2) is 5.25. The lowest BCUT2D eigenvalue weighted by Crippen LogP contribution is -2.44. The van der Waals surface area contributed by atoms with Crippen molar-refractivity contribution in [3.8, 4) is 0 Å². The molecule has 1 saturated carbocycles. The third-order valence-electron chi connectivity index (χ3n) is 4.37. The van der Waals surface area contributed by atoms with Gasteiger partial charge in [0.25, 0.3) is 0 Å². The van der Waals surface area contributed by atoms with Gasteiger partial charge in [0.2, 0.25) is 0 Å². The maximum atomic E-state index is 6.01. The standard InChI is InChI=1S/C14H25NO2/c1-10-4-7-13(17-10)14-11(3-2-8-16-14)9-15-12-5-6-12/h10-15H,2-9H2,1H3. The van der Waals surface area contributed by atoms with E-state index in [0.29, 0.717) is 24.2 Å². The van der Waals surface area contributed by atoms with Gasteiger partial charge in [-0.1, -0.05) is 0 Å². The Hall–Kier alpha value is -0.120. The van der Waals surface area contributed by atoms with E-state index in [1.807, 2.05) is 0 Å². The average Bonchev–Trinajstić information content (AvgIpc) is 3.08. The molecule has 0 aromatic carbocycles. The van der Waals surface area contributed by atoms with Crippen LogP contribution in [0.2, 0.25) is 0 Å².